The van der Waals surface area contributed by atoms with Crippen molar-refractivity contribution in [2.45, 2.75) is 40.7 Å². The number of rotatable bonds is 6. The molecule has 0 spiro atoms. The van der Waals surface area contributed by atoms with E-state index in [1.54, 1.807) is 39.0 Å². The van der Waals surface area contributed by atoms with Crippen molar-refractivity contribution in [3.8, 4) is 0 Å². The lowest BCUT2D eigenvalue weighted by Crippen LogP contribution is -2.12. The van der Waals surface area contributed by atoms with Gasteiger partial charge in [-0.3, -0.25) is 4.98 Å². The third-order valence-corrected chi connectivity index (χ3v) is 4.81. The van der Waals surface area contributed by atoms with Crippen LogP contribution in [0.15, 0.2) is 42.6 Å². The monoisotopic (exact) mass is 406 g/mol. The topological polar surface area (TPSA) is 77.5 Å². The van der Waals surface area contributed by atoms with Crippen LogP contribution in [0.2, 0.25) is 0 Å². The molecule has 0 aliphatic carbocycles. The quantitative estimate of drug-likeness (QED) is 0.557. The molecule has 30 heavy (non-hydrogen) atoms. The summed E-state index contributed by atoms with van der Waals surface area (Å²) in [6, 6.07) is 11.0. The Hall–Kier alpha value is -3.41. The molecule has 3 aromatic rings. The molecule has 6 heteroatoms. The Morgan fingerprint density at radius 3 is 2.57 bits per heavy atom. The summed E-state index contributed by atoms with van der Waals surface area (Å²) in [5.74, 6) is -0.902. The van der Waals surface area contributed by atoms with Gasteiger partial charge < -0.3 is 14.8 Å². The van der Waals surface area contributed by atoms with Crippen LogP contribution in [0.1, 0.15) is 52.6 Å². The number of ether oxygens (including phenoxy) is 2. The molecule has 3 rings (SSSR count). The van der Waals surface area contributed by atoms with Gasteiger partial charge in [-0.1, -0.05) is 12.1 Å². The SMILES string of the molecule is CCOC(=O)c1cnc2ccc(C(=O)OC(C)C)cc2c1Nc1cccc(C)c1C. The zero-order valence-electron chi connectivity index (χ0n) is 17.9. The number of hydrogen-bond acceptors (Lipinski definition) is 6. The molecular weight excluding hydrogens is 380 g/mol. The van der Waals surface area contributed by atoms with Gasteiger partial charge in [-0.2, -0.15) is 0 Å². The van der Waals surface area contributed by atoms with Gasteiger partial charge >= 0.3 is 11.9 Å². The summed E-state index contributed by atoms with van der Waals surface area (Å²) in [6.07, 6.45) is 1.27. The van der Waals surface area contributed by atoms with E-state index in [9.17, 15) is 9.59 Å². The first-order chi connectivity index (χ1) is 14.3. The third-order valence-electron chi connectivity index (χ3n) is 4.81. The van der Waals surface area contributed by atoms with Crippen LogP contribution in [0.5, 0.6) is 0 Å². The predicted octanol–water partition coefficient (Wildman–Crippen LogP) is 5.34. The van der Waals surface area contributed by atoms with Gasteiger partial charge in [0.05, 0.1) is 29.5 Å². The molecule has 1 N–H and O–H groups in total. The Kier molecular flexibility index (Phi) is 6.35. The number of carbonyl (C=O) groups excluding carboxylic acids is 2. The molecule has 0 radical (unpaired) electrons. The van der Waals surface area contributed by atoms with E-state index in [1.807, 2.05) is 32.0 Å². The maximum atomic E-state index is 12.6. The van der Waals surface area contributed by atoms with Crippen LogP contribution in [0, 0.1) is 13.8 Å². The average Bonchev–Trinajstić information content (AvgIpc) is 2.70. The molecule has 1 heterocycles. The van der Waals surface area contributed by atoms with E-state index < -0.39 is 11.9 Å². The minimum Gasteiger partial charge on any atom is -0.462 e. The van der Waals surface area contributed by atoms with Crippen LogP contribution < -0.4 is 5.32 Å². The van der Waals surface area contributed by atoms with Crippen LogP contribution in [0.25, 0.3) is 10.9 Å². The zero-order valence-corrected chi connectivity index (χ0v) is 17.9. The first kappa shape index (κ1) is 21.3. The Labute approximate surface area is 176 Å². The van der Waals surface area contributed by atoms with Crippen LogP contribution in [-0.4, -0.2) is 29.6 Å². The van der Waals surface area contributed by atoms with E-state index >= 15 is 0 Å². The average molecular weight is 406 g/mol. The zero-order chi connectivity index (χ0) is 21.8. The summed E-state index contributed by atoms with van der Waals surface area (Å²) < 4.78 is 10.6. The van der Waals surface area contributed by atoms with E-state index in [0.717, 1.165) is 16.8 Å². The number of aryl methyl sites for hydroxylation is 1. The van der Waals surface area contributed by atoms with E-state index in [4.69, 9.17) is 9.47 Å². The Balaban J connectivity index is 2.19. The molecule has 0 aliphatic heterocycles. The number of anilines is 2. The molecule has 0 saturated heterocycles. The number of carbonyl (C=O) groups is 2. The second kappa shape index (κ2) is 8.95. The summed E-state index contributed by atoms with van der Waals surface area (Å²) in [5, 5.41) is 4.02. The molecule has 1 aromatic heterocycles. The molecule has 0 unspecified atom stereocenters. The second-order valence-electron chi connectivity index (χ2n) is 7.33. The van der Waals surface area contributed by atoms with Crippen molar-refractivity contribution in [2.75, 3.05) is 11.9 Å². The number of fused-ring (bicyclic) bond motifs is 1. The smallest absolute Gasteiger partial charge is 0.341 e. The van der Waals surface area contributed by atoms with Crippen molar-refractivity contribution in [1.29, 1.82) is 0 Å². The van der Waals surface area contributed by atoms with E-state index in [-0.39, 0.29) is 12.7 Å². The molecule has 0 amide bonds. The minimum atomic E-state index is -0.477. The molecule has 6 nitrogen and oxygen atoms in total. The van der Waals surface area contributed by atoms with E-state index in [0.29, 0.717) is 27.7 Å². The molecule has 0 saturated carbocycles. The maximum Gasteiger partial charge on any atom is 0.341 e. The molecule has 0 aliphatic rings. The number of pyridine rings is 1. The van der Waals surface area contributed by atoms with Gasteiger partial charge in [-0.15, -0.1) is 0 Å². The van der Waals surface area contributed by atoms with Crippen molar-refractivity contribution >= 4 is 34.2 Å². The lowest BCUT2D eigenvalue weighted by molar-refractivity contribution is 0.0377. The van der Waals surface area contributed by atoms with Crippen LogP contribution >= 0.6 is 0 Å². The first-order valence-corrected chi connectivity index (χ1v) is 9.96. The number of esters is 2. The normalized spacial score (nSPS) is 10.9. The standard InChI is InChI=1S/C24H26N2O4/c1-6-29-24(28)19-13-25-21-11-10-17(23(27)30-14(2)3)12-18(21)22(19)26-20-9-7-8-15(4)16(20)5/h7-14H,6H2,1-5H3,(H,25,26). The summed E-state index contributed by atoms with van der Waals surface area (Å²) in [5.41, 5.74) is 4.94. The van der Waals surface area contributed by atoms with Gasteiger partial charge in [0, 0.05) is 17.3 Å². The summed E-state index contributed by atoms with van der Waals surface area (Å²) in [4.78, 5) is 29.5. The van der Waals surface area contributed by atoms with Gasteiger partial charge in [-0.25, -0.2) is 9.59 Å². The van der Waals surface area contributed by atoms with Gasteiger partial charge in [0.2, 0.25) is 0 Å². The maximum absolute atomic E-state index is 12.6. The van der Waals surface area contributed by atoms with Crippen molar-refractivity contribution in [1.82, 2.24) is 4.98 Å². The number of hydrogen-bond donors (Lipinski definition) is 1. The fraction of sp³-hybridized carbons (Fsp3) is 0.292. The Morgan fingerprint density at radius 2 is 1.87 bits per heavy atom. The Morgan fingerprint density at radius 1 is 1.10 bits per heavy atom. The van der Waals surface area contributed by atoms with Gasteiger partial charge in [-0.05, 0) is 70.0 Å². The predicted molar refractivity (Wildman–Crippen MR) is 117 cm³/mol. The van der Waals surface area contributed by atoms with E-state index in [2.05, 4.69) is 10.3 Å². The number of nitrogens with one attached hydrogen (secondary N) is 1. The van der Waals surface area contributed by atoms with Gasteiger partial charge in [0.1, 0.15) is 5.56 Å². The van der Waals surface area contributed by atoms with Crippen molar-refractivity contribution in [2.24, 2.45) is 0 Å². The first-order valence-electron chi connectivity index (χ1n) is 9.96. The summed E-state index contributed by atoms with van der Waals surface area (Å²) in [7, 11) is 0. The molecule has 156 valence electrons. The number of benzene rings is 2. The summed E-state index contributed by atoms with van der Waals surface area (Å²) >= 11 is 0. The highest BCUT2D eigenvalue weighted by molar-refractivity contribution is 6.07. The fourth-order valence-electron chi connectivity index (χ4n) is 3.12. The second-order valence-corrected chi connectivity index (χ2v) is 7.33. The summed E-state index contributed by atoms with van der Waals surface area (Å²) in [6.45, 7) is 9.64. The van der Waals surface area contributed by atoms with Crippen molar-refractivity contribution in [3.63, 3.8) is 0 Å². The lowest BCUT2D eigenvalue weighted by Gasteiger charge is -2.17. The van der Waals surface area contributed by atoms with E-state index in [1.165, 1.54) is 6.20 Å². The molecular formula is C24H26N2O4. The van der Waals surface area contributed by atoms with Crippen LogP contribution in [0.4, 0.5) is 11.4 Å². The van der Waals surface area contributed by atoms with Crippen molar-refractivity contribution < 1.29 is 19.1 Å². The number of aromatic nitrogens is 1. The van der Waals surface area contributed by atoms with Gasteiger partial charge in [0.15, 0.2) is 0 Å². The highest BCUT2D eigenvalue weighted by Crippen LogP contribution is 2.32. The van der Waals surface area contributed by atoms with Crippen LogP contribution in [0.3, 0.4) is 0 Å². The number of nitrogens with zero attached hydrogens (tertiary/aromatic N) is 1. The molecule has 2 aromatic carbocycles. The highest BCUT2D eigenvalue weighted by Gasteiger charge is 2.19. The molecule has 0 atom stereocenters. The van der Waals surface area contributed by atoms with Crippen molar-refractivity contribution in [3.05, 3.63) is 64.8 Å². The Bertz CT molecular complexity index is 1110. The highest BCUT2D eigenvalue weighted by atomic mass is 16.5. The fourth-order valence-corrected chi connectivity index (χ4v) is 3.12. The van der Waals surface area contributed by atoms with Crippen LogP contribution in [-0.2, 0) is 9.47 Å². The van der Waals surface area contributed by atoms with Gasteiger partial charge in [0.25, 0.3) is 0 Å². The minimum absolute atomic E-state index is 0.232. The molecule has 0 fully saturated rings. The lowest BCUT2D eigenvalue weighted by atomic mass is 10.0. The third kappa shape index (κ3) is 4.43. The molecule has 0 bridgehead atoms. The largest absolute Gasteiger partial charge is 0.462 e.